The van der Waals surface area contributed by atoms with Crippen LogP contribution in [0.5, 0.6) is 11.5 Å². The Balaban J connectivity index is 1.44. The quantitative estimate of drug-likeness (QED) is 0.489. The molecule has 1 aromatic carbocycles. The van der Waals surface area contributed by atoms with Crippen molar-refractivity contribution in [3.8, 4) is 11.5 Å². The standard InChI is InChI=1S/C20H31N3O2/c1-21-19(23-13-11-20(15-23)9-5-10-20)22-12-4-6-16-7-8-17(24-2)18(14-16)25-3/h7-8,14H,4-6,9-13,15H2,1-3H3,(H,21,22). The second-order valence-electron chi connectivity index (χ2n) is 7.29. The third kappa shape index (κ3) is 4.02. The van der Waals surface area contributed by atoms with E-state index in [1.807, 2.05) is 13.1 Å². The summed E-state index contributed by atoms with van der Waals surface area (Å²) in [5, 5.41) is 3.54. The summed E-state index contributed by atoms with van der Waals surface area (Å²) in [6, 6.07) is 6.15. The van der Waals surface area contributed by atoms with Crippen molar-refractivity contribution in [2.45, 2.75) is 38.5 Å². The molecular formula is C20H31N3O2. The van der Waals surface area contributed by atoms with Gasteiger partial charge < -0.3 is 19.7 Å². The van der Waals surface area contributed by atoms with Gasteiger partial charge in [0, 0.05) is 26.7 Å². The molecule has 2 aliphatic rings. The molecule has 3 rings (SSSR count). The zero-order valence-electron chi connectivity index (χ0n) is 15.8. The van der Waals surface area contributed by atoms with Crippen LogP contribution in [0.2, 0.25) is 0 Å². The molecule has 25 heavy (non-hydrogen) atoms. The molecule has 0 radical (unpaired) electrons. The number of guanidine groups is 1. The molecule has 2 fully saturated rings. The summed E-state index contributed by atoms with van der Waals surface area (Å²) in [4.78, 5) is 6.92. The maximum Gasteiger partial charge on any atom is 0.193 e. The molecule has 5 heteroatoms. The first-order valence-electron chi connectivity index (χ1n) is 9.36. The van der Waals surface area contributed by atoms with Gasteiger partial charge in [-0.3, -0.25) is 4.99 Å². The van der Waals surface area contributed by atoms with Gasteiger partial charge in [-0.15, -0.1) is 0 Å². The number of ether oxygens (including phenoxy) is 2. The summed E-state index contributed by atoms with van der Waals surface area (Å²) >= 11 is 0. The van der Waals surface area contributed by atoms with E-state index in [-0.39, 0.29) is 0 Å². The summed E-state index contributed by atoms with van der Waals surface area (Å²) in [7, 11) is 5.24. The highest BCUT2D eigenvalue weighted by Gasteiger charge is 2.43. The van der Waals surface area contributed by atoms with Gasteiger partial charge in [0.2, 0.25) is 0 Å². The third-order valence-corrected chi connectivity index (χ3v) is 5.74. The number of rotatable bonds is 6. The van der Waals surface area contributed by atoms with E-state index in [0.717, 1.165) is 43.4 Å². The smallest absolute Gasteiger partial charge is 0.193 e. The van der Waals surface area contributed by atoms with Crippen LogP contribution in [0.15, 0.2) is 23.2 Å². The summed E-state index contributed by atoms with van der Waals surface area (Å²) < 4.78 is 10.7. The molecule has 5 nitrogen and oxygen atoms in total. The second-order valence-corrected chi connectivity index (χ2v) is 7.29. The maximum atomic E-state index is 5.38. The average molecular weight is 345 g/mol. The Bertz CT molecular complexity index is 611. The van der Waals surface area contributed by atoms with Gasteiger partial charge in [0.15, 0.2) is 17.5 Å². The van der Waals surface area contributed by atoms with Crippen LogP contribution in [0.4, 0.5) is 0 Å². The Morgan fingerprint density at radius 3 is 2.60 bits per heavy atom. The van der Waals surface area contributed by atoms with Crippen LogP contribution in [0.25, 0.3) is 0 Å². The number of aryl methyl sites for hydroxylation is 1. The lowest BCUT2D eigenvalue weighted by Gasteiger charge is -2.38. The van der Waals surface area contributed by atoms with Crippen molar-refractivity contribution in [1.82, 2.24) is 10.2 Å². The van der Waals surface area contributed by atoms with Crippen LogP contribution in [0, 0.1) is 5.41 Å². The molecule has 1 N–H and O–H groups in total. The fourth-order valence-corrected chi connectivity index (χ4v) is 4.06. The lowest BCUT2D eigenvalue weighted by Crippen LogP contribution is -2.42. The lowest BCUT2D eigenvalue weighted by atomic mass is 9.68. The molecule has 1 saturated heterocycles. The van der Waals surface area contributed by atoms with Crippen molar-refractivity contribution in [3.05, 3.63) is 23.8 Å². The average Bonchev–Trinajstić information content (AvgIpc) is 3.07. The van der Waals surface area contributed by atoms with Gasteiger partial charge in [-0.2, -0.15) is 0 Å². The highest BCUT2D eigenvalue weighted by Crippen LogP contribution is 2.47. The fourth-order valence-electron chi connectivity index (χ4n) is 4.06. The van der Waals surface area contributed by atoms with Crippen molar-refractivity contribution in [3.63, 3.8) is 0 Å². The van der Waals surface area contributed by atoms with Gasteiger partial charge in [0.25, 0.3) is 0 Å². The molecule has 0 aromatic heterocycles. The molecule has 0 atom stereocenters. The summed E-state index contributed by atoms with van der Waals surface area (Å²) in [6.45, 7) is 3.27. The van der Waals surface area contributed by atoms with E-state index in [0.29, 0.717) is 5.41 Å². The molecular weight excluding hydrogens is 314 g/mol. The fraction of sp³-hybridized carbons (Fsp3) is 0.650. The van der Waals surface area contributed by atoms with Gasteiger partial charge in [0.1, 0.15) is 0 Å². The van der Waals surface area contributed by atoms with E-state index in [1.54, 1.807) is 14.2 Å². The van der Waals surface area contributed by atoms with Gasteiger partial charge >= 0.3 is 0 Å². The number of hydrogen-bond donors (Lipinski definition) is 1. The molecule has 1 saturated carbocycles. The minimum absolute atomic E-state index is 0.608. The first kappa shape index (κ1) is 17.9. The van der Waals surface area contributed by atoms with E-state index in [1.165, 1.54) is 37.8 Å². The second kappa shape index (κ2) is 7.98. The molecule has 1 aromatic rings. The number of benzene rings is 1. The topological polar surface area (TPSA) is 46.1 Å². The maximum absolute atomic E-state index is 5.38. The van der Waals surface area contributed by atoms with Gasteiger partial charge in [0.05, 0.1) is 14.2 Å². The molecule has 0 amide bonds. The lowest BCUT2D eigenvalue weighted by molar-refractivity contribution is 0.151. The van der Waals surface area contributed by atoms with E-state index >= 15 is 0 Å². The number of aliphatic imine (C=N–C) groups is 1. The minimum Gasteiger partial charge on any atom is -0.493 e. The molecule has 1 heterocycles. The minimum atomic E-state index is 0.608. The predicted octanol–water partition coefficient (Wildman–Crippen LogP) is 3.09. The molecule has 138 valence electrons. The van der Waals surface area contributed by atoms with Crippen LogP contribution in [0.1, 0.15) is 37.7 Å². The SMILES string of the molecule is CN=C(NCCCc1ccc(OC)c(OC)c1)N1CCC2(CCC2)C1. The zero-order chi connectivity index (χ0) is 17.7. The van der Waals surface area contributed by atoms with Crippen molar-refractivity contribution in [1.29, 1.82) is 0 Å². The first-order valence-corrected chi connectivity index (χ1v) is 9.36. The third-order valence-electron chi connectivity index (χ3n) is 5.74. The predicted molar refractivity (Wildman–Crippen MR) is 102 cm³/mol. The normalized spacial score (nSPS) is 19.0. The Labute approximate surface area is 151 Å². The van der Waals surface area contributed by atoms with Crippen LogP contribution in [0.3, 0.4) is 0 Å². The van der Waals surface area contributed by atoms with E-state index < -0.39 is 0 Å². The summed E-state index contributed by atoms with van der Waals surface area (Å²) in [6.07, 6.45) is 7.62. The molecule has 1 spiro atoms. The monoisotopic (exact) mass is 345 g/mol. The highest BCUT2D eigenvalue weighted by molar-refractivity contribution is 5.80. The van der Waals surface area contributed by atoms with E-state index in [9.17, 15) is 0 Å². The van der Waals surface area contributed by atoms with Crippen molar-refractivity contribution in [2.24, 2.45) is 10.4 Å². The van der Waals surface area contributed by atoms with Crippen LogP contribution >= 0.6 is 0 Å². The molecule has 0 unspecified atom stereocenters. The Hall–Kier alpha value is -1.91. The zero-order valence-corrected chi connectivity index (χ0v) is 15.8. The van der Waals surface area contributed by atoms with E-state index in [2.05, 4.69) is 27.3 Å². The number of nitrogens with zero attached hydrogens (tertiary/aromatic N) is 2. The van der Waals surface area contributed by atoms with Crippen molar-refractivity contribution >= 4 is 5.96 Å². The largest absolute Gasteiger partial charge is 0.493 e. The summed E-state index contributed by atoms with van der Waals surface area (Å²) in [5.41, 5.74) is 1.88. The Kier molecular flexibility index (Phi) is 5.71. The number of methoxy groups -OCH3 is 2. The number of hydrogen-bond acceptors (Lipinski definition) is 3. The Morgan fingerprint density at radius 2 is 2.00 bits per heavy atom. The van der Waals surface area contributed by atoms with Crippen molar-refractivity contribution < 1.29 is 9.47 Å². The molecule has 1 aliphatic carbocycles. The Morgan fingerprint density at radius 1 is 1.20 bits per heavy atom. The molecule has 0 bridgehead atoms. The molecule has 1 aliphatic heterocycles. The van der Waals surface area contributed by atoms with Crippen molar-refractivity contribution in [2.75, 3.05) is 40.9 Å². The number of nitrogens with one attached hydrogen (secondary N) is 1. The van der Waals surface area contributed by atoms with Crippen LogP contribution in [-0.2, 0) is 6.42 Å². The first-order chi connectivity index (χ1) is 12.2. The highest BCUT2D eigenvalue weighted by atomic mass is 16.5. The van der Waals surface area contributed by atoms with Gasteiger partial charge in [-0.05, 0) is 55.2 Å². The number of likely N-dealkylation sites (tertiary alicyclic amines) is 1. The van der Waals surface area contributed by atoms with Crippen LogP contribution in [-0.4, -0.2) is 51.8 Å². The van der Waals surface area contributed by atoms with Crippen LogP contribution < -0.4 is 14.8 Å². The van der Waals surface area contributed by atoms with Gasteiger partial charge in [-0.25, -0.2) is 0 Å². The van der Waals surface area contributed by atoms with Gasteiger partial charge in [-0.1, -0.05) is 12.5 Å². The van der Waals surface area contributed by atoms with E-state index in [4.69, 9.17) is 9.47 Å². The summed E-state index contributed by atoms with van der Waals surface area (Å²) in [5.74, 6) is 2.64.